The summed E-state index contributed by atoms with van der Waals surface area (Å²) in [5.41, 5.74) is 1.02. The summed E-state index contributed by atoms with van der Waals surface area (Å²) in [4.78, 5) is 12.2. The summed E-state index contributed by atoms with van der Waals surface area (Å²) < 4.78 is 0.757. The van der Waals surface area contributed by atoms with E-state index in [1.807, 2.05) is 6.07 Å². The molecule has 0 radical (unpaired) electrons. The van der Waals surface area contributed by atoms with E-state index in [2.05, 4.69) is 21.2 Å². The Hall–Kier alpha value is -1.54. The van der Waals surface area contributed by atoms with Crippen molar-refractivity contribution < 1.29 is 4.79 Å². The SMILES string of the molecule is N#Cc1cc(Br)ccc1NC(=O)c1cc(Cl)ccc1Cl. The molecule has 2 rings (SSSR count). The third-order valence-electron chi connectivity index (χ3n) is 2.52. The fourth-order valence-corrected chi connectivity index (χ4v) is 2.32. The Morgan fingerprint density at radius 3 is 2.65 bits per heavy atom. The number of halogens is 3. The quantitative estimate of drug-likeness (QED) is 0.820. The average Bonchev–Trinajstić information content (AvgIpc) is 2.43. The lowest BCUT2D eigenvalue weighted by Crippen LogP contribution is -2.13. The van der Waals surface area contributed by atoms with Gasteiger partial charge in [-0.15, -0.1) is 0 Å². The third-order valence-corrected chi connectivity index (χ3v) is 3.58. The Labute approximate surface area is 134 Å². The first-order chi connectivity index (χ1) is 9.51. The monoisotopic (exact) mass is 368 g/mol. The van der Waals surface area contributed by atoms with Gasteiger partial charge in [-0.1, -0.05) is 39.1 Å². The predicted molar refractivity (Wildman–Crippen MR) is 83.3 cm³/mol. The number of anilines is 1. The molecule has 0 heterocycles. The lowest BCUT2D eigenvalue weighted by atomic mass is 10.1. The van der Waals surface area contributed by atoms with Gasteiger partial charge in [-0.25, -0.2) is 0 Å². The number of carbonyl (C=O) groups excluding carboxylic acids is 1. The molecule has 0 aromatic heterocycles. The third kappa shape index (κ3) is 3.31. The molecule has 6 heteroatoms. The summed E-state index contributed by atoms with van der Waals surface area (Å²) in [6, 6.07) is 11.6. The maximum absolute atomic E-state index is 12.2. The molecular weight excluding hydrogens is 363 g/mol. The lowest BCUT2D eigenvalue weighted by molar-refractivity contribution is 0.102. The lowest BCUT2D eigenvalue weighted by Gasteiger charge is -2.09. The molecule has 0 saturated heterocycles. The van der Waals surface area contributed by atoms with E-state index in [0.717, 1.165) is 4.47 Å². The van der Waals surface area contributed by atoms with Crippen LogP contribution in [0.25, 0.3) is 0 Å². The van der Waals surface area contributed by atoms with Gasteiger partial charge < -0.3 is 5.32 Å². The number of carbonyl (C=O) groups is 1. The minimum atomic E-state index is -0.420. The van der Waals surface area contributed by atoms with Crippen molar-refractivity contribution in [3.05, 3.63) is 62.0 Å². The van der Waals surface area contributed by atoms with Gasteiger partial charge in [0.05, 0.1) is 21.8 Å². The zero-order chi connectivity index (χ0) is 14.7. The van der Waals surface area contributed by atoms with Crippen molar-refractivity contribution in [2.45, 2.75) is 0 Å². The summed E-state index contributed by atoms with van der Waals surface area (Å²) in [6.45, 7) is 0. The van der Waals surface area contributed by atoms with E-state index in [9.17, 15) is 4.79 Å². The van der Waals surface area contributed by atoms with E-state index in [1.54, 1.807) is 30.3 Å². The molecule has 2 aromatic carbocycles. The summed E-state index contributed by atoms with van der Waals surface area (Å²) in [6.07, 6.45) is 0. The highest BCUT2D eigenvalue weighted by Crippen LogP contribution is 2.24. The number of amides is 1. The molecule has 1 amide bonds. The van der Waals surface area contributed by atoms with Gasteiger partial charge in [-0.2, -0.15) is 5.26 Å². The number of nitriles is 1. The minimum Gasteiger partial charge on any atom is -0.321 e. The van der Waals surface area contributed by atoms with Crippen molar-refractivity contribution in [3.63, 3.8) is 0 Å². The van der Waals surface area contributed by atoms with E-state index >= 15 is 0 Å². The van der Waals surface area contributed by atoms with Gasteiger partial charge in [-0.05, 0) is 36.4 Å². The number of nitrogens with one attached hydrogen (secondary N) is 1. The van der Waals surface area contributed by atoms with Crippen LogP contribution in [0.4, 0.5) is 5.69 Å². The van der Waals surface area contributed by atoms with Crippen LogP contribution < -0.4 is 5.32 Å². The standard InChI is InChI=1S/C14H7BrCl2N2O/c15-9-1-4-13(8(5-9)7-18)19-14(20)11-6-10(16)2-3-12(11)17/h1-6H,(H,19,20). The van der Waals surface area contributed by atoms with Gasteiger partial charge in [-0.3, -0.25) is 4.79 Å². The number of rotatable bonds is 2. The number of benzene rings is 2. The molecule has 0 aliphatic heterocycles. The van der Waals surface area contributed by atoms with Crippen LogP contribution in [-0.4, -0.2) is 5.91 Å². The van der Waals surface area contributed by atoms with Crippen LogP contribution in [0, 0.1) is 11.3 Å². The molecule has 0 atom stereocenters. The van der Waals surface area contributed by atoms with E-state index in [0.29, 0.717) is 21.3 Å². The minimum absolute atomic E-state index is 0.256. The van der Waals surface area contributed by atoms with E-state index in [4.69, 9.17) is 28.5 Å². The Balaban J connectivity index is 2.33. The van der Waals surface area contributed by atoms with Crippen LogP contribution in [0.5, 0.6) is 0 Å². The molecule has 0 bridgehead atoms. The van der Waals surface area contributed by atoms with Gasteiger partial charge in [0.15, 0.2) is 0 Å². The first-order valence-electron chi connectivity index (χ1n) is 5.47. The zero-order valence-corrected chi connectivity index (χ0v) is 13.1. The number of nitrogens with zero attached hydrogens (tertiary/aromatic N) is 1. The second-order valence-electron chi connectivity index (χ2n) is 3.88. The van der Waals surface area contributed by atoms with E-state index in [1.165, 1.54) is 6.07 Å². The van der Waals surface area contributed by atoms with Crippen molar-refractivity contribution >= 4 is 50.7 Å². The largest absolute Gasteiger partial charge is 0.321 e. The molecule has 20 heavy (non-hydrogen) atoms. The number of hydrogen-bond donors (Lipinski definition) is 1. The second-order valence-corrected chi connectivity index (χ2v) is 5.64. The van der Waals surface area contributed by atoms with Gasteiger partial charge in [0.1, 0.15) is 6.07 Å². The Morgan fingerprint density at radius 1 is 1.20 bits per heavy atom. The van der Waals surface area contributed by atoms with Crippen molar-refractivity contribution in [1.82, 2.24) is 0 Å². The van der Waals surface area contributed by atoms with Gasteiger partial charge in [0, 0.05) is 9.50 Å². The molecule has 2 aromatic rings. The highest BCUT2D eigenvalue weighted by Gasteiger charge is 2.13. The molecule has 3 nitrogen and oxygen atoms in total. The van der Waals surface area contributed by atoms with Gasteiger partial charge in [0.25, 0.3) is 5.91 Å². The Kier molecular flexibility index (Phi) is 4.66. The first kappa shape index (κ1) is 14.9. The normalized spacial score (nSPS) is 9.90. The highest BCUT2D eigenvalue weighted by molar-refractivity contribution is 9.10. The summed E-state index contributed by atoms with van der Waals surface area (Å²) in [7, 11) is 0. The predicted octanol–water partition coefficient (Wildman–Crippen LogP) is 4.88. The smallest absolute Gasteiger partial charge is 0.257 e. The molecule has 0 aliphatic carbocycles. The molecule has 100 valence electrons. The molecule has 0 aliphatic rings. The average molecular weight is 370 g/mol. The van der Waals surface area contributed by atoms with E-state index in [-0.39, 0.29) is 5.56 Å². The summed E-state index contributed by atoms with van der Waals surface area (Å²) in [5.74, 6) is -0.420. The van der Waals surface area contributed by atoms with Crippen molar-refractivity contribution in [3.8, 4) is 6.07 Å². The molecule has 0 fully saturated rings. The molecular formula is C14H7BrCl2N2O. The van der Waals surface area contributed by atoms with Crippen LogP contribution in [0.3, 0.4) is 0 Å². The van der Waals surface area contributed by atoms with Gasteiger partial charge >= 0.3 is 0 Å². The number of hydrogen-bond acceptors (Lipinski definition) is 2. The van der Waals surface area contributed by atoms with E-state index < -0.39 is 5.91 Å². The molecule has 0 unspecified atom stereocenters. The summed E-state index contributed by atoms with van der Waals surface area (Å²) >= 11 is 15.1. The maximum Gasteiger partial charge on any atom is 0.257 e. The fourth-order valence-electron chi connectivity index (χ4n) is 1.58. The zero-order valence-electron chi connectivity index (χ0n) is 9.95. The topological polar surface area (TPSA) is 52.9 Å². The van der Waals surface area contributed by atoms with Crippen molar-refractivity contribution in [2.75, 3.05) is 5.32 Å². The first-order valence-corrected chi connectivity index (χ1v) is 7.02. The van der Waals surface area contributed by atoms with Gasteiger partial charge in [0.2, 0.25) is 0 Å². The molecule has 0 spiro atoms. The van der Waals surface area contributed by atoms with Crippen LogP contribution in [-0.2, 0) is 0 Å². The summed E-state index contributed by atoms with van der Waals surface area (Å²) in [5, 5.41) is 12.4. The highest BCUT2D eigenvalue weighted by atomic mass is 79.9. The molecule has 0 saturated carbocycles. The molecule has 1 N–H and O–H groups in total. The van der Waals surface area contributed by atoms with Crippen LogP contribution >= 0.6 is 39.1 Å². The van der Waals surface area contributed by atoms with Crippen LogP contribution in [0.1, 0.15) is 15.9 Å². The van der Waals surface area contributed by atoms with Crippen molar-refractivity contribution in [2.24, 2.45) is 0 Å². The van der Waals surface area contributed by atoms with Crippen LogP contribution in [0.2, 0.25) is 10.0 Å². The Morgan fingerprint density at radius 2 is 1.95 bits per heavy atom. The van der Waals surface area contributed by atoms with Crippen LogP contribution in [0.15, 0.2) is 40.9 Å². The fraction of sp³-hybridized carbons (Fsp3) is 0. The maximum atomic E-state index is 12.2. The van der Waals surface area contributed by atoms with Crippen molar-refractivity contribution in [1.29, 1.82) is 5.26 Å². The second kappa shape index (κ2) is 6.27. The Bertz CT molecular complexity index is 726.